The average Bonchev–Trinajstić information content (AvgIpc) is 2.68. The minimum absolute atomic E-state index is 0.344. The van der Waals surface area contributed by atoms with Crippen LogP contribution in [0.1, 0.15) is 15.9 Å². The molecule has 1 heterocycles. The topological polar surface area (TPSA) is 60.5 Å². The van der Waals surface area contributed by atoms with E-state index in [9.17, 15) is 18.0 Å². The van der Waals surface area contributed by atoms with Gasteiger partial charge >= 0.3 is 6.36 Å². The van der Waals surface area contributed by atoms with Crippen molar-refractivity contribution in [2.45, 2.75) is 13.0 Å². The van der Waals surface area contributed by atoms with E-state index in [1.54, 1.807) is 36.7 Å². The van der Waals surface area contributed by atoms with E-state index >= 15 is 0 Å². The Labute approximate surface area is 158 Å². The molecule has 8 heteroatoms. The molecule has 1 aromatic heterocycles. The lowest BCUT2D eigenvalue weighted by molar-refractivity contribution is -0.274. The van der Waals surface area contributed by atoms with Gasteiger partial charge in [-0.25, -0.2) is 0 Å². The number of nitrogens with one attached hydrogen (secondary N) is 1. The number of halogens is 3. The summed E-state index contributed by atoms with van der Waals surface area (Å²) < 4.78 is 45.9. The Morgan fingerprint density at radius 3 is 2.25 bits per heavy atom. The molecule has 0 unspecified atom stereocenters. The zero-order valence-electron chi connectivity index (χ0n) is 14.4. The van der Waals surface area contributed by atoms with Crippen LogP contribution in [0.25, 0.3) is 0 Å². The highest BCUT2D eigenvalue weighted by Gasteiger charge is 2.30. The number of anilines is 1. The number of carbonyl (C=O) groups is 1. The third-order valence-corrected chi connectivity index (χ3v) is 3.59. The molecule has 1 amide bonds. The number of carbonyl (C=O) groups excluding carboxylic acids is 1. The van der Waals surface area contributed by atoms with Crippen molar-refractivity contribution in [1.29, 1.82) is 0 Å². The van der Waals surface area contributed by atoms with Crippen molar-refractivity contribution in [3.63, 3.8) is 0 Å². The highest BCUT2D eigenvalue weighted by molar-refractivity contribution is 6.04. The number of hydrogen-bond donors (Lipinski definition) is 1. The molecule has 5 nitrogen and oxygen atoms in total. The summed E-state index contributed by atoms with van der Waals surface area (Å²) in [4.78, 5) is 16.2. The van der Waals surface area contributed by atoms with E-state index in [4.69, 9.17) is 4.74 Å². The number of rotatable bonds is 6. The average molecular weight is 388 g/mol. The summed E-state index contributed by atoms with van der Waals surface area (Å²) in [7, 11) is 0. The van der Waals surface area contributed by atoms with E-state index in [2.05, 4.69) is 15.0 Å². The summed E-state index contributed by atoms with van der Waals surface area (Å²) in [5.74, 6) is -0.169. The highest BCUT2D eigenvalue weighted by Crippen LogP contribution is 2.24. The number of benzene rings is 2. The first-order valence-electron chi connectivity index (χ1n) is 8.18. The van der Waals surface area contributed by atoms with Crippen molar-refractivity contribution in [1.82, 2.24) is 4.98 Å². The molecule has 2 aromatic carbocycles. The third-order valence-electron chi connectivity index (χ3n) is 3.59. The minimum Gasteiger partial charge on any atom is -0.489 e. The van der Waals surface area contributed by atoms with Gasteiger partial charge < -0.3 is 14.8 Å². The summed E-state index contributed by atoms with van der Waals surface area (Å²) in [6.07, 6.45) is -1.38. The first kappa shape index (κ1) is 19.2. The van der Waals surface area contributed by atoms with E-state index in [1.807, 2.05) is 12.1 Å². The largest absolute Gasteiger partial charge is 0.573 e. The molecule has 0 atom stereocenters. The molecule has 0 saturated heterocycles. The Morgan fingerprint density at radius 2 is 1.64 bits per heavy atom. The SMILES string of the molecule is O=C(Nc1ccc(OC(F)(F)F)cc1)c1ccc(OCc2cccnc2)cc1. The van der Waals surface area contributed by atoms with Crippen molar-refractivity contribution in [2.75, 3.05) is 5.32 Å². The molecule has 0 aliphatic rings. The Kier molecular flexibility index (Phi) is 5.78. The molecule has 0 radical (unpaired) electrons. The fourth-order valence-corrected chi connectivity index (χ4v) is 2.30. The molecule has 0 saturated carbocycles. The quantitative estimate of drug-likeness (QED) is 0.658. The lowest BCUT2D eigenvalue weighted by atomic mass is 10.2. The van der Waals surface area contributed by atoms with E-state index in [0.717, 1.165) is 17.7 Å². The number of aromatic nitrogens is 1. The van der Waals surface area contributed by atoms with Crippen LogP contribution < -0.4 is 14.8 Å². The van der Waals surface area contributed by atoms with E-state index in [1.165, 1.54) is 12.1 Å². The predicted octanol–water partition coefficient (Wildman–Crippen LogP) is 4.81. The molecular weight excluding hydrogens is 373 g/mol. The first-order chi connectivity index (χ1) is 13.4. The van der Waals surface area contributed by atoms with Crippen LogP contribution in [0.5, 0.6) is 11.5 Å². The Bertz CT molecular complexity index is 912. The van der Waals surface area contributed by atoms with Crippen LogP contribution in [0, 0.1) is 0 Å². The lowest BCUT2D eigenvalue weighted by Crippen LogP contribution is -2.17. The van der Waals surface area contributed by atoms with Gasteiger partial charge in [0.25, 0.3) is 5.91 Å². The lowest BCUT2D eigenvalue weighted by Gasteiger charge is -2.10. The Morgan fingerprint density at radius 1 is 0.964 bits per heavy atom. The van der Waals surface area contributed by atoms with Crippen LogP contribution in [0.2, 0.25) is 0 Å². The van der Waals surface area contributed by atoms with E-state index in [-0.39, 0.29) is 5.75 Å². The van der Waals surface area contributed by atoms with Crippen molar-refractivity contribution in [3.8, 4) is 11.5 Å². The van der Waals surface area contributed by atoms with Gasteiger partial charge in [0.05, 0.1) is 0 Å². The summed E-state index contributed by atoms with van der Waals surface area (Å²) in [5, 5.41) is 2.60. The maximum absolute atomic E-state index is 12.2. The number of pyridine rings is 1. The molecule has 3 aromatic rings. The van der Waals surface area contributed by atoms with Crippen molar-refractivity contribution >= 4 is 11.6 Å². The van der Waals surface area contributed by atoms with Crippen LogP contribution in [-0.2, 0) is 6.61 Å². The fourth-order valence-electron chi connectivity index (χ4n) is 2.30. The van der Waals surface area contributed by atoms with Crippen molar-refractivity contribution in [2.24, 2.45) is 0 Å². The molecule has 0 bridgehead atoms. The van der Waals surface area contributed by atoms with Gasteiger partial charge in [0, 0.05) is 29.2 Å². The molecule has 28 heavy (non-hydrogen) atoms. The van der Waals surface area contributed by atoms with Crippen LogP contribution in [0.4, 0.5) is 18.9 Å². The molecule has 0 fully saturated rings. The normalized spacial score (nSPS) is 11.0. The maximum atomic E-state index is 12.2. The Hall–Kier alpha value is -3.55. The van der Waals surface area contributed by atoms with Crippen LogP contribution in [0.15, 0.2) is 73.1 Å². The molecule has 1 N–H and O–H groups in total. The zero-order chi connectivity index (χ0) is 20.0. The second-order valence-corrected chi connectivity index (χ2v) is 5.70. The zero-order valence-corrected chi connectivity index (χ0v) is 14.4. The van der Waals surface area contributed by atoms with Crippen LogP contribution in [0.3, 0.4) is 0 Å². The molecule has 0 aliphatic carbocycles. The summed E-state index contributed by atoms with van der Waals surface area (Å²) in [6, 6.07) is 15.1. The number of amides is 1. The number of hydrogen-bond acceptors (Lipinski definition) is 4. The molecular formula is C20H15F3N2O3. The monoisotopic (exact) mass is 388 g/mol. The minimum atomic E-state index is -4.76. The fraction of sp³-hybridized carbons (Fsp3) is 0.100. The highest BCUT2D eigenvalue weighted by atomic mass is 19.4. The molecule has 0 aliphatic heterocycles. The van der Waals surface area contributed by atoms with Gasteiger partial charge in [0.1, 0.15) is 18.1 Å². The summed E-state index contributed by atoms with van der Waals surface area (Å²) in [5.41, 5.74) is 1.64. The smallest absolute Gasteiger partial charge is 0.489 e. The molecule has 144 valence electrons. The van der Waals surface area contributed by atoms with Crippen LogP contribution in [-0.4, -0.2) is 17.3 Å². The van der Waals surface area contributed by atoms with Gasteiger partial charge in [-0.3, -0.25) is 9.78 Å². The number of alkyl halides is 3. The van der Waals surface area contributed by atoms with E-state index < -0.39 is 12.3 Å². The second-order valence-electron chi connectivity index (χ2n) is 5.70. The molecule has 0 spiro atoms. The van der Waals surface area contributed by atoms with Gasteiger partial charge in [0.15, 0.2) is 0 Å². The third kappa shape index (κ3) is 5.73. The summed E-state index contributed by atoms with van der Waals surface area (Å²) >= 11 is 0. The number of ether oxygens (including phenoxy) is 2. The van der Waals surface area contributed by atoms with Gasteiger partial charge in [-0.15, -0.1) is 13.2 Å². The predicted molar refractivity (Wildman–Crippen MR) is 96.1 cm³/mol. The van der Waals surface area contributed by atoms with E-state index in [0.29, 0.717) is 23.6 Å². The van der Waals surface area contributed by atoms with Gasteiger partial charge in [-0.05, 0) is 54.6 Å². The van der Waals surface area contributed by atoms with Gasteiger partial charge in [-0.1, -0.05) is 6.07 Å². The standard InChI is InChI=1S/C20H15F3N2O3/c21-20(22,23)28-18-9-5-16(6-10-18)25-19(26)15-3-7-17(8-4-15)27-13-14-2-1-11-24-12-14/h1-12H,13H2,(H,25,26). The Balaban J connectivity index is 1.55. The van der Waals surface area contributed by atoms with Crippen molar-refractivity contribution in [3.05, 3.63) is 84.2 Å². The van der Waals surface area contributed by atoms with Crippen molar-refractivity contribution < 1.29 is 27.4 Å². The second kappa shape index (κ2) is 8.43. The van der Waals surface area contributed by atoms with Gasteiger partial charge in [0.2, 0.25) is 0 Å². The first-order valence-corrected chi connectivity index (χ1v) is 8.18. The van der Waals surface area contributed by atoms with Crippen LogP contribution >= 0.6 is 0 Å². The molecule has 3 rings (SSSR count). The summed E-state index contributed by atoms with van der Waals surface area (Å²) in [6.45, 7) is 0.353. The number of nitrogens with zero attached hydrogens (tertiary/aromatic N) is 1. The van der Waals surface area contributed by atoms with Gasteiger partial charge in [-0.2, -0.15) is 0 Å². The maximum Gasteiger partial charge on any atom is 0.573 e.